The van der Waals surface area contributed by atoms with Crippen LogP contribution in [0, 0.1) is 0 Å². The van der Waals surface area contributed by atoms with Crippen molar-refractivity contribution < 1.29 is 14.3 Å². The number of nitrogens with zero attached hydrogens (tertiary/aromatic N) is 1. The second-order valence-corrected chi connectivity index (χ2v) is 3.89. The summed E-state index contributed by atoms with van der Waals surface area (Å²) in [6.07, 6.45) is 0.855. The summed E-state index contributed by atoms with van der Waals surface area (Å²) in [5, 5.41) is 0. The highest BCUT2D eigenvalue weighted by Crippen LogP contribution is 2.14. The molecule has 0 heterocycles. The van der Waals surface area contributed by atoms with Crippen LogP contribution in [0.1, 0.15) is 17.3 Å². The Hall–Kier alpha value is -1.39. The molecule has 0 aliphatic heterocycles. The van der Waals surface area contributed by atoms with Crippen molar-refractivity contribution in [2.24, 2.45) is 0 Å². The highest BCUT2D eigenvalue weighted by Gasteiger charge is 2.03. The Bertz CT molecular complexity index is 337. The number of methoxy groups -OCH3 is 1. The lowest BCUT2D eigenvalue weighted by Gasteiger charge is -2.23. The van der Waals surface area contributed by atoms with E-state index in [-0.39, 0.29) is 0 Å². The SMILES string of the molecule is CCN(CCOCCOC)c1ccc(C=O)cc1. The number of rotatable bonds is 9. The molecule has 100 valence electrons. The number of benzene rings is 1. The molecule has 1 aromatic rings. The van der Waals surface area contributed by atoms with Crippen molar-refractivity contribution in [3.05, 3.63) is 29.8 Å². The van der Waals surface area contributed by atoms with Crippen LogP contribution in [0.5, 0.6) is 0 Å². The lowest BCUT2D eigenvalue weighted by atomic mass is 10.2. The fourth-order valence-electron chi connectivity index (χ4n) is 1.65. The average Bonchev–Trinajstić information content (AvgIpc) is 2.43. The molecule has 0 atom stereocenters. The molecular formula is C14H21NO3. The monoisotopic (exact) mass is 251 g/mol. The Labute approximate surface area is 108 Å². The number of carbonyl (C=O) groups is 1. The van der Waals surface area contributed by atoms with Crippen LogP contribution in [-0.2, 0) is 9.47 Å². The smallest absolute Gasteiger partial charge is 0.150 e. The van der Waals surface area contributed by atoms with Gasteiger partial charge in [0.15, 0.2) is 0 Å². The molecule has 1 aromatic carbocycles. The van der Waals surface area contributed by atoms with Crippen molar-refractivity contribution >= 4 is 12.0 Å². The minimum Gasteiger partial charge on any atom is -0.382 e. The first-order valence-electron chi connectivity index (χ1n) is 6.18. The number of anilines is 1. The number of hydrogen-bond acceptors (Lipinski definition) is 4. The van der Waals surface area contributed by atoms with Gasteiger partial charge in [-0.1, -0.05) is 0 Å². The van der Waals surface area contributed by atoms with Gasteiger partial charge in [0.1, 0.15) is 6.29 Å². The second kappa shape index (κ2) is 8.66. The van der Waals surface area contributed by atoms with Gasteiger partial charge in [-0.15, -0.1) is 0 Å². The van der Waals surface area contributed by atoms with Crippen LogP contribution in [0.25, 0.3) is 0 Å². The first-order chi connectivity index (χ1) is 8.81. The van der Waals surface area contributed by atoms with Crippen molar-refractivity contribution in [3.63, 3.8) is 0 Å². The van der Waals surface area contributed by atoms with Crippen molar-refractivity contribution in [2.75, 3.05) is 44.9 Å². The van der Waals surface area contributed by atoms with Gasteiger partial charge in [-0.2, -0.15) is 0 Å². The standard InChI is InChI=1S/C14H21NO3/c1-3-15(8-9-18-11-10-17-2)14-6-4-13(12-16)5-7-14/h4-7,12H,3,8-11H2,1-2H3. The van der Waals surface area contributed by atoms with E-state index >= 15 is 0 Å². The van der Waals surface area contributed by atoms with Crippen molar-refractivity contribution in [1.82, 2.24) is 0 Å². The Morgan fingerprint density at radius 2 is 1.89 bits per heavy atom. The summed E-state index contributed by atoms with van der Waals surface area (Å²) >= 11 is 0. The largest absolute Gasteiger partial charge is 0.382 e. The fraction of sp³-hybridized carbons (Fsp3) is 0.500. The molecular weight excluding hydrogens is 230 g/mol. The molecule has 0 aliphatic rings. The van der Waals surface area contributed by atoms with Crippen molar-refractivity contribution in [3.8, 4) is 0 Å². The number of carbonyl (C=O) groups excluding carboxylic acids is 1. The Balaban J connectivity index is 2.41. The topological polar surface area (TPSA) is 38.8 Å². The first kappa shape index (κ1) is 14.7. The Kier molecular flexibility index (Phi) is 7.06. The van der Waals surface area contributed by atoms with Gasteiger partial charge in [-0.05, 0) is 31.2 Å². The fourth-order valence-corrected chi connectivity index (χ4v) is 1.65. The summed E-state index contributed by atoms with van der Waals surface area (Å²) in [5.74, 6) is 0. The van der Waals surface area contributed by atoms with E-state index in [9.17, 15) is 4.79 Å². The summed E-state index contributed by atoms with van der Waals surface area (Å²) < 4.78 is 10.4. The van der Waals surface area contributed by atoms with E-state index in [1.54, 1.807) is 7.11 Å². The van der Waals surface area contributed by atoms with Gasteiger partial charge >= 0.3 is 0 Å². The molecule has 0 aliphatic carbocycles. The summed E-state index contributed by atoms with van der Waals surface area (Å²) in [6, 6.07) is 7.58. The molecule has 0 N–H and O–H groups in total. The normalized spacial score (nSPS) is 10.3. The zero-order valence-corrected chi connectivity index (χ0v) is 11.1. The molecule has 4 heteroatoms. The Morgan fingerprint density at radius 3 is 2.44 bits per heavy atom. The molecule has 0 fully saturated rings. The maximum atomic E-state index is 10.6. The highest BCUT2D eigenvalue weighted by atomic mass is 16.5. The number of ether oxygens (including phenoxy) is 2. The van der Waals surface area contributed by atoms with Gasteiger partial charge in [0.05, 0.1) is 19.8 Å². The highest BCUT2D eigenvalue weighted by molar-refractivity contribution is 5.75. The Morgan fingerprint density at radius 1 is 1.17 bits per heavy atom. The summed E-state index contributed by atoms with van der Waals surface area (Å²) in [7, 11) is 1.66. The maximum absolute atomic E-state index is 10.6. The maximum Gasteiger partial charge on any atom is 0.150 e. The quantitative estimate of drug-likeness (QED) is 0.497. The molecule has 0 radical (unpaired) electrons. The number of aldehydes is 1. The van der Waals surface area contributed by atoms with E-state index in [0.29, 0.717) is 25.4 Å². The molecule has 0 amide bonds. The van der Waals surface area contributed by atoms with E-state index in [1.807, 2.05) is 24.3 Å². The summed E-state index contributed by atoms with van der Waals surface area (Å²) in [6.45, 7) is 5.77. The van der Waals surface area contributed by atoms with Crippen LogP contribution in [0.15, 0.2) is 24.3 Å². The summed E-state index contributed by atoms with van der Waals surface area (Å²) in [4.78, 5) is 12.8. The van der Waals surface area contributed by atoms with Crippen LogP contribution in [-0.4, -0.2) is 46.3 Å². The molecule has 1 rings (SSSR count). The number of likely N-dealkylation sites (N-methyl/N-ethyl adjacent to an activating group) is 1. The van der Waals surface area contributed by atoms with Crippen molar-refractivity contribution in [2.45, 2.75) is 6.92 Å². The van der Waals surface area contributed by atoms with Gasteiger partial charge in [0.2, 0.25) is 0 Å². The van der Waals surface area contributed by atoms with Gasteiger partial charge in [-0.25, -0.2) is 0 Å². The van der Waals surface area contributed by atoms with Crippen LogP contribution in [0.2, 0.25) is 0 Å². The van der Waals surface area contributed by atoms with Gasteiger partial charge in [-0.3, -0.25) is 4.79 Å². The molecule has 0 spiro atoms. The molecule has 0 aromatic heterocycles. The lowest BCUT2D eigenvalue weighted by Crippen LogP contribution is -2.27. The molecule has 0 bridgehead atoms. The first-order valence-corrected chi connectivity index (χ1v) is 6.18. The predicted octanol–water partition coefficient (Wildman–Crippen LogP) is 1.99. The lowest BCUT2D eigenvalue weighted by molar-refractivity contribution is 0.0741. The third-order valence-corrected chi connectivity index (χ3v) is 2.71. The minimum atomic E-state index is 0.623. The van der Waals surface area contributed by atoms with Crippen molar-refractivity contribution in [1.29, 1.82) is 0 Å². The van der Waals surface area contributed by atoms with E-state index < -0.39 is 0 Å². The van der Waals surface area contributed by atoms with E-state index in [1.165, 1.54) is 0 Å². The summed E-state index contributed by atoms with van der Waals surface area (Å²) in [5.41, 5.74) is 1.81. The number of hydrogen-bond donors (Lipinski definition) is 0. The van der Waals surface area contributed by atoms with Crippen LogP contribution < -0.4 is 4.90 Å². The van der Waals surface area contributed by atoms with Crippen LogP contribution in [0.3, 0.4) is 0 Å². The van der Waals surface area contributed by atoms with Gasteiger partial charge < -0.3 is 14.4 Å². The average molecular weight is 251 g/mol. The third kappa shape index (κ3) is 4.85. The third-order valence-electron chi connectivity index (χ3n) is 2.71. The minimum absolute atomic E-state index is 0.623. The van der Waals surface area contributed by atoms with Crippen LogP contribution in [0.4, 0.5) is 5.69 Å². The molecule has 0 unspecified atom stereocenters. The van der Waals surface area contributed by atoms with Crippen LogP contribution >= 0.6 is 0 Å². The van der Waals surface area contributed by atoms with E-state index in [0.717, 1.165) is 25.1 Å². The second-order valence-electron chi connectivity index (χ2n) is 3.89. The van der Waals surface area contributed by atoms with E-state index in [2.05, 4.69) is 11.8 Å². The zero-order valence-electron chi connectivity index (χ0n) is 11.1. The molecule has 0 saturated carbocycles. The molecule has 18 heavy (non-hydrogen) atoms. The molecule has 4 nitrogen and oxygen atoms in total. The van der Waals surface area contributed by atoms with E-state index in [4.69, 9.17) is 9.47 Å². The molecule has 0 saturated heterocycles. The van der Waals surface area contributed by atoms with Gasteiger partial charge in [0.25, 0.3) is 0 Å². The predicted molar refractivity (Wildman–Crippen MR) is 72.4 cm³/mol. The van der Waals surface area contributed by atoms with Gasteiger partial charge in [0, 0.05) is 31.5 Å². The zero-order chi connectivity index (χ0) is 13.2.